The van der Waals surface area contributed by atoms with Crippen LogP contribution in [0.4, 0.5) is 0 Å². The van der Waals surface area contributed by atoms with Gasteiger partial charge in [0.25, 0.3) is 5.91 Å². The van der Waals surface area contributed by atoms with E-state index in [4.69, 9.17) is 11.6 Å². The number of fused-ring (bicyclic) bond motifs is 1. The third-order valence-electron chi connectivity index (χ3n) is 5.29. The van der Waals surface area contributed by atoms with E-state index < -0.39 is 0 Å². The van der Waals surface area contributed by atoms with E-state index in [1.54, 1.807) is 24.3 Å². The number of carbonyl (C=O) groups is 2. The Kier molecular flexibility index (Phi) is 5.77. The summed E-state index contributed by atoms with van der Waals surface area (Å²) in [6.07, 6.45) is 7.71. The SMILES string of the molecule is O=C(NCCC(=O)N1CCCC2CCCCC21)c1ccc(Cl)cc1. The van der Waals surface area contributed by atoms with Crippen LogP contribution in [0.5, 0.6) is 0 Å². The van der Waals surface area contributed by atoms with Crippen LogP contribution in [0.2, 0.25) is 5.02 Å². The predicted molar refractivity (Wildman–Crippen MR) is 95.1 cm³/mol. The Labute approximate surface area is 148 Å². The monoisotopic (exact) mass is 348 g/mol. The topological polar surface area (TPSA) is 49.4 Å². The van der Waals surface area contributed by atoms with Crippen molar-refractivity contribution < 1.29 is 9.59 Å². The van der Waals surface area contributed by atoms with E-state index in [0.717, 1.165) is 19.4 Å². The fraction of sp³-hybridized carbons (Fsp3) is 0.579. The minimum atomic E-state index is -0.159. The molecule has 1 N–H and O–H groups in total. The van der Waals surface area contributed by atoms with E-state index in [1.165, 1.54) is 25.7 Å². The quantitative estimate of drug-likeness (QED) is 0.903. The molecule has 130 valence electrons. The normalized spacial score (nSPS) is 23.5. The van der Waals surface area contributed by atoms with Crippen LogP contribution in [0.1, 0.15) is 55.3 Å². The molecule has 2 unspecified atom stereocenters. The number of likely N-dealkylation sites (tertiary alicyclic amines) is 1. The number of nitrogens with one attached hydrogen (secondary N) is 1. The van der Waals surface area contributed by atoms with Crippen molar-refractivity contribution in [1.82, 2.24) is 10.2 Å². The molecular weight excluding hydrogens is 324 g/mol. The van der Waals surface area contributed by atoms with Gasteiger partial charge in [-0.2, -0.15) is 0 Å². The highest BCUT2D eigenvalue weighted by molar-refractivity contribution is 6.30. The van der Waals surface area contributed by atoms with Gasteiger partial charge >= 0.3 is 0 Å². The highest BCUT2D eigenvalue weighted by atomic mass is 35.5. The van der Waals surface area contributed by atoms with E-state index in [2.05, 4.69) is 10.2 Å². The van der Waals surface area contributed by atoms with E-state index in [-0.39, 0.29) is 11.8 Å². The third kappa shape index (κ3) is 4.10. The molecule has 1 heterocycles. The molecule has 1 saturated carbocycles. The molecule has 0 spiro atoms. The van der Waals surface area contributed by atoms with E-state index >= 15 is 0 Å². The molecule has 0 aromatic heterocycles. The van der Waals surface area contributed by atoms with Crippen LogP contribution in [-0.4, -0.2) is 35.8 Å². The van der Waals surface area contributed by atoms with Crippen LogP contribution in [0.25, 0.3) is 0 Å². The zero-order chi connectivity index (χ0) is 16.9. The van der Waals surface area contributed by atoms with Gasteiger partial charge < -0.3 is 10.2 Å². The number of hydrogen-bond acceptors (Lipinski definition) is 2. The molecule has 1 aliphatic heterocycles. The molecule has 2 atom stereocenters. The first-order valence-electron chi connectivity index (χ1n) is 8.98. The second-order valence-electron chi connectivity index (χ2n) is 6.85. The highest BCUT2D eigenvalue weighted by Crippen LogP contribution is 2.35. The number of benzene rings is 1. The maximum Gasteiger partial charge on any atom is 0.251 e. The minimum absolute atomic E-state index is 0.159. The lowest BCUT2D eigenvalue weighted by Crippen LogP contribution is -2.50. The summed E-state index contributed by atoms with van der Waals surface area (Å²) in [5, 5.41) is 3.44. The number of hydrogen-bond donors (Lipinski definition) is 1. The summed E-state index contributed by atoms with van der Waals surface area (Å²) in [5.41, 5.74) is 0.567. The van der Waals surface area contributed by atoms with E-state index in [9.17, 15) is 9.59 Å². The molecule has 1 aliphatic carbocycles. The van der Waals surface area contributed by atoms with Crippen molar-refractivity contribution in [2.75, 3.05) is 13.1 Å². The van der Waals surface area contributed by atoms with E-state index in [0.29, 0.717) is 35.5 Å². The van der Waals surface area contributed by atoms with Crippen molar-refractivity contribution in [3.63, 3.8) is 0 Å². The van der Waals surface area contributed by atoms with Gasteiger partial charge in [0.15, 0.2) is 0 Å². The van der Waals surface area contributed by atoms with Gasteiger partial charge in [-0.15, -0.1) is 0 Å². The first-order chi connectivity index (χ1) is 11.6. The van der Waals surface area contributed by atoms with Crippen molar-refractivity contribution in [3.8, 4) is 0 Å². The average molecular weight is 349 g/mol. The van der Waals surface area contributed by atoms with Crippen LogP contribution in [0.15, 0.2) is 24.3 Å². The fourth-order valence-electron chi connectivity index (χ4n) is 4.06. The Morgan fingerprint density at radius 1 is 1.08 bits per heavy atom. The number of rotatable bonds is 4. The van der Waals surface area contributed by atoms with Gasteiger partial charge in [0, 0.05) is 36.1 Å². The second kappa shape index (κ2) is 8.02. The first-order valence-corrected chi connectivity index (χ1v) is 9.36. The molecular formula is C19H25ClN2O2. The maximum absolute atomic E-state index is 12.6. The first kappa shape index (κ1) is 17.3. The van der Waals surface area contributed by atoms with Crippen molar-refractivity contribution in [3.05, 3.63) is 34.9 Å². The van der Waals surface area contributed by atoms with Crippen LogP contribution >= 0.6 is 11.6 Å². The molecule has 5 heteroatoms. The largest absolute Gasteiger partial charge is 0.352 e. The molecule has 1 aromatic carbocycles. The van der Waals surface area contributed by atoms with Gasteiger partial charge in [0.1, 0.15) is 0 Å². The van der Waals surface area contributed by atoms with Crippen LogP contribution < -0.4 is 5.32 Å². The Bertz CT molecular complexity index is 586. The summed E-state index contributed by atoms with van der Waals surface area (Å²) in [4.78, 5) is 26.7. The fourth-order valence-corrected chi connectivity index (χ4v) is 4.19. The molecule has 0 radical (unpaired) electrons. The Balaban J connectivity index is 1.48. The number of halogens is 1. The number of carbonyl (C=O) groups excluding carboxylic acids is 2. The highest BCUT2D eigenvalue weighted by Gasteiger charge is 2.35. The van der Waals surface area contributed by atoms with Crippen molar-refractivity contribution in [2.45, 2.75) is 51.0 Å². The average Bonchev–Trinajstić information content (AvgIpc) is 2.61. The molecule has 4 nitrogen and oxygen atoms in total. The minimum Gasteiger partial charge on any atom is -0.352 e. The molecule has 1 aromatic rings. The van der Waals surface area contributed by atoms with Gasteiger partial charge in [0.2, 0.25) is 5.91 Å². The molecule has 24 heavy (non-hydrogen) atoms. The van der Waals surface area contributed by atoms with Gasteiger partial charge in [-0.3, -0.25) is 9.59 Å². The molecule has 0 bridgehead atoms. The Morgan fingerprint density at radius 2 is 1.79 bits per heavy atom. The summed E-state index contributed by atoms with van der Waals surface area (Å²) >= 11 is 5.82. The Hall–Kier alpha value is -1.55. The summed E-state index contributed by atoms with van der Waals surface area (Å²) in [7, 11) is 0. The maximum atomic E-state index is 12.6. The summed E-state index contributed by atoms with van der Waals surface area (Å²) in [5.74, 6) is 0.719. The zero-order valence-electron chi connectivity index (χ0n) is 14.0. The van der Waals surface area contributed by atoms with Gasteiger partial charge in [-0.05, 0) is 55.9 Å². The van der Waals surface area contributed by atoms with Crippen molar-refractivity contribution >= 4 is 23.4 Å². The van der Waals surface area contributed by atoms with Crippen LogP contribution in [0, 0.1) is 5.92 Å². The van der Waals surface area contributed by atoms with Gasteiger partial charge in [-0.25, -0.2) is 0 Å². The molecule has 3 rings (SSSR count). The molecule has 2 amide bonds. The van der Waals surface area contributed by atoms with Crippen molar-refractivity contribution in [1.29, 1.82) is 0 Å². The lowest BCUT2D eigenvalue weighted by molar-refractivity contribution is -0.137. The van der Waals surface area contributed by atoms with E-state index in [1.807, 2.05) is 0 Å². The number of piperidine rings is 1. The van der Waals surface area contributed by atoms with Crippen LogP contribution in [-0.2, 0) is 4.79 Å². The van der Waals surface area contributed by atoms with Crippen LogP contribution in [0.3, 0.4) is 0 Å². The summed E-state index contributed by atoms with van der Waals surface area (Å²) in [6.45, 7) is 1.26. The third-order valence-corrected chi connectivity index (χ3v) is 5.55. The number of amides is 2. The Morgan fingerprint density at radius 3 is 2.58 bits per heavy atom. The van der Waals surface area contributed by atoms with Gasteiger partial charge in [0.05, 0.1) is 0 Å². The standard InChI is InChI=1S/C19H25ClN2O2/c20-16-9-7-15(8-10-16)19(24)21-12-11-18(23)22-13-3-5-14-4-1-2-6-17(14)22/h7-10,14,17H,1-6,11-13H2,(H,21,24). The molecule has 1 saturated heterocycles. The molecule has 2 fully saturated rings. The second-order valence-corrected chi connectivity index (χ2v) is 7.29. The molecule has 2 aliphatic rings. The summed E-state index contributed by atoms with van der Waals surface area (Å²) < 4.78 is 0. The predicted octanol–water partition coefficient (Wildman–Crippen LogP) is 3.64. The lowest BCUT2D eigenvalue weighted by Gasteiger charge is -2.44. The smallest absolute Gasteiger partial charge is 0.251 e. The zero-order valence-corrected chi connectivity index (χ0v) is 14.7. The van der Waals surface area contributed by atoms with Gasteiger partial charge in [-0.1, -0.05) is 24.4 Å². The van der Waals surface area contributed by atoms with Crippen molar-refractivity contribution in [2.24, 2.45) is 5.92 Å². The summed E-state index contributed by atoms with van der Waals surface area (Å²) in [6, 6.07) is 7.21. The number of nitrogens with zero attached hydrogens (tertiary/aromatic N) is 1. The lowest BCUT2D eigenvalue weighted by atomic mass is 9.78.